The van der Waals surface area contributed by atoms with E-state index in [0.717, 1.165) is 32.1 Å². The second kappa shape index (κ2) is 5.01. The normalized spacial score (nSPS) is 20.5. The third kappa shape index (κ3) is 3.52. The smallest absolute Gasteiger partial charge is 0.0767 e. The molecule has 1 heterocycles. The van der Waals surface area contributed by atoms with Crippen molar-refractivity contribution >= 4 is 0 Å². The summed E-state index contributed by atoms with van der Waals surface area (Å²) in [6, 6.07) is 0. The predicted molar refractivity (Wildman–Crippen MR) is 65.8 cm³/mol. The van der Waals surface area contributed by atoms with Crippen molar-refractivity contribution in [2.45, 2.75) is 33.2 Å². The van der Waals surface area contributed by atoms with Crippen molar-refractivity contribution in [2.75, 3.05) is 32.7 Å². The minimum Gasteiger partial charge on any atom is -0.301 e. The van der Waals surface area contributed by atoms with E-state index in [-0.39, 0.29) is 5.54 Å². The molecular formula is C13H24N2. The van der Waals surface area contributed by atoms with Gasteiger partial charge >= 0.3 is 0 Å². The van der Waals surface area contributed by atoms with Gasteiger partial charge in [-0.2, -0.15) is 0 Å². The molecule has 0 aliphatic carbocycles. The molecule has 2 heteroatoms. The average molecular weight is 208 g/mol. The number of rotatable bonds is 3. The van der Waals surface area contributed by atoms with Crippen molar-refractivity contribution in [3.8, 4) is 12.3 Å². The maximum atomic E-state index is 5.55. The fraction of sp³-hybridized carbons (Fsp3) is 0.846. The van der Waals surface area contributed by atoms with Crippen LogP contribution in [-0.2, 0) is 0 Å². The number of piperazine rings is 1. The summed E-state index contributed by atoms with van der Waals surface area (Å²) in [7, 11) is 0. The van der Waals surface area contributed by atoms with E-state index in [1.807, 2.05) is 0 Å². The summed E-state index contributed by atoms with van der Waals surface area (Å²) in [5, 5.41) is 0. The molecule has 1 fully saturated rings. The van der Waals surface area contributed by atoms with Crippen LogP contribution < -0.4 is 0 Å². The SMILES string of the molecule is C#CC(C)(C)N1CCN(CC(C)C)CC1. The first kappa shape index (κ1) is 12.5. The molecule has 0 spiro atoms. The van der Waals surface area contributed by atoms with Crippen molar-refractivity contribution in [3.63, 3.8) is 0 Å². The molecule has 1 aliphatic rings. The highest BCUT2D eigenvalue weighted by molar-refractivity contribution is 5.09. The van der Waals surface area contributed by atoms with Crippen LogP contribution in [0.15, 0.2) is 0 Å². The molecule has 0 N–H and O–H groups in total. The number of hydrogen-bond acceptors (Lipinski definition) is 2. The molecule has 0 atom stereocenters. The van der Waals surface area contributed by atoms with E-state index in [9.17, 15) is 0 Å². The number of hydrogen-bond donors (Lipinski definition) is 0. The number of nitrogens with zero attached hydrogens (tertiary/aromatic N) is 2. The van der Waals surface area contributed by atoms with Crippen LogP contribution in [-0.4, -0.2) is 48.1 Å². The summed E-state index contributed by atoms with van der Waals surface area (Å²) >= 11 is 0. The summed E-state index contributed by atoms with van der Waals surface area (Å²) in [5.41, 5.74) is -0.0794. The topological polar surface area (TPSA) is 6.48 Å². The molecule has 0 aromatic heterocycles. The third-order valence-electron chi connectivity index (χ3n) is 3.14. The third-order valence-corrected chi connectivity index (χ3v) is 3.14. The van der Waals surface area contributed by atoms with E-state index in [2.05, 4.69) is 43.4 Å². The maximum Gasteiger partial charge on any atom is 0.0767 e. The molecule has 2 nitrogen and oxygen atoms in total. The Morgan fingerprint density at radius 3 is 2.13 bits per heavy atom. The Bertz CT molecular complexity index is 229. The Balaban J connectivity index is 2.40. The standard InChI is InChI=1S/C13H24N2/c1-6-13(4,5)15-9-7-14(8-10-15)11-12(2)3/h1,12H,7-11H2,2-5H3. The molecule has 86 valence electrons. The molecule has 0 unspecified atom stereocenters. The first-order valence-corrected chi connectivity index (χ1v) is 5.91. The second-order valence-corrected chi connectivity index (χ2v) is 5.38. The maximum absolute atomic E-state index is 5.55. The van der Waals surface area contributed by atoms with Gasteiger partial charge in [0.05, 0.1) is 5.54 Å². The minimum absolute atomic E-state index is 0.0794. The quantitative estimate of drug-likeness (QED) is 0.651. The van der Waals surface area contributed by atoms with E-state index in [1.165, 1.54) is 6.54 Å². The van der Waals surface area contributed by atoms with Gasteiger partial charge < -0.3 is 4.90 Å². The Hall–Kier alpha value is -0.520. The zero-order valence-electron chi connectivity index (χ0n) is 10.6. The molecule has 0 bridgehead atoms. The molecule has 0 aromatic rings. The average Bonchev–Trinajstić information content (AvgIpc) is 2.18. The predicted octanol–water partition coefficient (Wildman–Crippen LogP) is 1.67. The molecule has 15 heavy (non-hydrogen) atoms. The van der Waals surface area contributed by atoms with Crippen molar-refractivity contribution in [1.29, 1.82) is 0 Å². The van der Waals surface area contributed by atoms with Crippen LogP contribution in [0, 0.1) is 18.3 Å². The summed E-state index contributed by atoms with van der Waals surface area (Å²) in [4.78, 5) is 4.94. The van der Waals surface area contributed by atoms with Crippen LogP contribution in [0.1, 0.15) is 27.7 Å². The Kier molecular flexibility index (Phi) is 4.19. The van der Waals surface area contributed by atoms with Crippen molar-refractivity contribution in [3.05, 3.63) is 0 Å². The molecule has 0 aromatic carbocycles. The van der Waals surface area contributed by atoms with Gasteiger partial charge in [-0.05, 0) is 19.8 Å². The van der Waals surface area contributed by atoms with Crippen LogP contribution in [0.5, 0.6) is 0 Å². The van der Waals surface area contributed by atoms with Crippen LogP contribution in [0.4, 0.5) is 0 Å². The van der Waals surface area contributed by atoms with Crippen molar-refractivity contribution in [1.82, 2.24) is 9.80 Å². The molecule has 1 aliphatic heterocycles. The molecular weight excluding hydrogens is 184 g/mol. The number of terminal acetylenes is 1. The van der Waals surface area contributed by atoms with Crippen LogP contribution in [0.2, 0.25) is 0 Å². The summed E-state index contributed by atoms with van der Waals surface area (Å²) in [5.74, 6) is 3.64. The Morgan fingerprint density at radius 2 is 1.73 bits per heavy atom. The minimum atomic E-state index is -0.0794. The first-order valence-electron chi connectivity index (χ1n) is 5.91. The highest BCUT2D eigenvalue weighted by Gasteiger charge is 2.27. The lowest BCUT2D eigenvalue weighted by atomic mass is 10.0. The second-order valence-electron chi connectivity index (χ2n) is 5.38. The van der Waals surface area contributed by atoms with Gasteiger partial charge in [-0.1, -0.05) is 19.8 Å². The van der Waals surface area contributed by atoms with Gasteiger partial charge in [0, 0.05) is 32.7 Å². The zero-order chi connectivity index (χ0) is 11.5. The van der Waals surface area contributed by atoms with Gasteiger partial charge in [-0.15, -0.1) is 6.42 Å². The van der Waals surface area contributed by atoms with Gasteiger partial charge in [0.15, 0.2) is 0 Å². The van der Waals surface area contributed by atoms with E-state index in [4.69, 9.17) is 6.42 Å². The van der Waals surface area contributed by atoms with E-state index in [1.54, 1.807) is 0 Å². The monoisotopic (exact) mass is 208 g/mol. The van der Waals surface area contributed by atoms with Crippen LogP contribution in [0.25, 0.3) is 0 Å². The highest BCUT2D eigenvalue weighted by Crippen LogP contribution is 2.16. The van der Waals surface area contributed by atoms with E-state index in [0.29, 0.717) is 0 Å². The zero-order valence-corrected chi connectivity index (χ0v) is 10.6. The van der Waals surface area contributed by atoms with Gasteiger partial charge in [-0.25, -0.2) is 0 Å². The molecule has 1 saturated heterocycles. The first-order chi connectivity index (χ1) is 6.95. The van der Waals surface area contributed by atoms with E-state index < -0.39 is 0 Å². The molecule has 0 saturated carbocycles. The van der Waals surface area contributed by atoms with Gasteiger partial charge in [0.1, 0.15) is 0 Å². The van der Waals surface area contributed by atoms with Crippen LogP contribution >= 0.6 is 0 Å². The van der Waals surface area contributed by atoms with Gasteiger partial charge in [0.25, 0.3) is 0 Å². The molecule has 0 radical (unpaired) electrons. The summed E-state index contributed by atoms with van der Waals surface area (Å²) in [6.07, 6.45) is 5.55. The van der Waals surface area contributed by atoms with Crippen molar-refractivity contribution in [2.24, 2.45) is 5.92 Å². The van der Waals surface area contributed by atoms with Crippen LogP contribution in [0.3, 0.4) is 0 Å². The fourth-order valence-corrected chi connectivity index (χ4v) is 2.10. The summed E-state index contributed by atoms with van der Waals surface area (Å²) in [6.45, 7) is 14.5. The lowest BCUT2D eigenvalue weighted by molar-refractivity contribution is 0.0752. The van der Waals surface area contributed by atoms with E-state index >= 15 is 0 Å². The lowest BCUT2D eigenvalue weighted by Gasteiger charge is -2.41. The fourth-order valence-electron chi connectivity index (χ4n) is 2.10. The van der Waals surface area contributed by atoms with Gasteiger partial charge in [0.2, 0.25) is 0 Å². The van der Waals surface area contributed by atoms with Gasteiger partial charge in [-0.3, -0.25) is 4.90 Å². The molecule has 0 amide bonds. The largest absolute Gasteiger partial charge is 0.301 e. The van der Waals surface area contributed by atoms with Crippen molar-refractivity contribution < 1.29 is 0 Å². The Labute approximate surface area is 94.6 Å². The highest BCUT2D eigenvalue weighted by atomic mass is 15.3. The lowest BCUT2D eigenvalue weighted by Crippen LogP contribution is -2.54. The Morgan fingerprint density at radius 1 is 1.20 bits per heavy atom. The molecule has 1 rings (SSSR count). The summed E-state index contributed by atoms with van der Waals surface area (Å²) < 4.78 is 0.